The Bertz CT molecular complexity index is 248. The fourth-order valence-electron chi connectivity index (χ4n) is 1.51. The number of nitrogens with two attached hydrogens (primary N) is 1. The van der Waals surface area contributed by atoms with E-state index in [1.807, 2.05) is 18.2 Å². The first-order valence-electron chi connectivity index (χ1n) is 5.70. The fourth-order valence-corrected chi connectivity index (χ4v) is 1.51. The van der Waals surface area contributed by atoms with Gasteiger partial charge in [0.15, 0.2) is 0 Å². The molecule has 0 bridgehead atoms. The molecule has 2 nitrogen and oxygen atoms in total. The van der Waals surface area contributed by atoms with Crippen LogP contribution in [-0.2, 0) is 11.3 Å². The van der Waals surface area contributed by atoms with Crippen LogP contribution in [0.15, 0.2) is 30.3 Å². The number of hydrogen-bond donors (Lipinski definition) is 1. The van der Waals surface area contributed by atoms with Crippen molar-refractivity contribution in [1.82, 2.24) is 0 Å². The molecule has 0 aliphatic rings. The second-order valence-electron chi connectivity index (χ2n) is 3.88. The lowest BCUT2D eigenvalue weighted by molar-refractivity contribution is 0.113. The van der Waals surface area contributed by atoms with Gasteiger partial charge < -0.3 is 10.5 Å². The molecule has 15 heavy (non-hydrogen) atoms. The summed E-state index contributed by atoms with van der Waals surface area (Å²) >= 11 is 0. The van der Waals surface area contributed by atoms with Crippen molar-refractivity contribution in [3.8, 4) is 0 Å². The Morgan fingerprint density at radius 2 is 1.93 bits per heavy atom. The van der Waals surface area contributed by atoms with Crippen molar-refractivity contribution in [1.29, 1.82) is 0 Å². The molecule has 84 valence electrons. The molecule has 0 amide bonds. The van der Waals surface area contributed by atoms with Crippen LogP contribution in [0.5, 0.6) is 0 Å². The minimum absolute atomic E-state index is 0.297. The maximum Gasteiger partial charge on any atom is 0.0716 e. The molecule has 2 N–H and O–H groups in total. The molecule has 2 heteroatoms. The third-order valence-corrected chi connectivity index (χ3v) is 2.40. The summed E-state index contributed by atoms with van der Waals surface area (Å²) in [6.45, 7) is 3.61. The number of rotatable bonds is 7. The molecule has 1 atom stereocenters. The average molecular weight is 207 g/mol. The van der Waals surface area contributed by atoms with E-state index in [2.05, 4.69) is 19.1 Å². The summed E-state index contributed by atoms with van der Waals surface area (Å²) in [4.78, 5) is 0. The quantitative estimate of drug-likeness (QED) is 0.698. The number of benzene rings is 1. The molecular formula is C13H21NO. The predicted octanol–water partition coefficient (Wildman–Crippen LogP) is 2.72. The van der Waals surface area contributed by atoms with Crippen molar-refractivity contribution < 1.29 is 4.74 Å². The monoisotopic (exact) mass is 207 g/mol. The predicted molar refractivity (Wildman–Crippen MR) is 63.6 cm³/mol. The van der Waals surface area contributed by atoms with Crippen molar-refractivity contribution in [3.63, 3.8) is 0 Å². The Labute approximate surface area is 92.4 Å². The van der Waals surface area contributed by atoms with Crippen LogP contribution < -0.4 is 5.73 Å². The molecule has 1 rings (SSSR count). The van der Waals surface area contributed by atoms with Gasteiger partial charge in [-0.05, 0) is 18.4 Å². The van der Waals surface area contributed by atoms with Crippen LogP contribution in [-0.4, -0.2) is 12.6 Å². The van der Waals surface area contributed by atoms with E-state index in [-0.39, 0.29) is 0 Å². The van der Waals surface area contributed by atoms with Crippen LogP contribution in [0.25, 0.3) is 0 Å². The standard InChI is InChI=1S/C13H21NO/c1-2-6-13(14)9-10-15-11-12-7-4-3-5-8-12/h3-5,7-8,13H,2,6,9-11,14H2,1H3/t13-/m0/s1. The van der Waals surface area contributed by atoms with Crippen LogP contribution >= 0.6 is 0 Å². The SMILES string of the molecule is CCC[C@H](N)CCOCc1ccccc1. The molecule has 1 aromatic rings. The molecule has 0 saturated heterocycles. The first-order chi connectivity index (χ1) is 7.33. The highest BCUT2D eigenvalue weighted by atomic mass is 16.5. The van der Waals surface area contributed by atoms with Gasteiger partial charge in [0.25, 0.3) is 0 Å². The summed E-state index contributed by atoms with van der Waals surface area (Å²) < 4.78 is 5.56. The molecule has 0 radical (unpaired) electrons. The first-order valence-corrected chi connectivity index (χ1v) is 5.70. The zero-order valence-electron chi connectivity index (χ0n) is 9.49. The maximum atomic E-state index is 5.88. The molecule has 1 aromatic carbocycles. The van der Waals surface area contributed by atoms with Crippen LogP contribution in [0.2, 0.25) is 0 Å². The Balaban J connectivity index is 2.07. The second-order valence-corrected chi connectivity index (χ2v) is 3.88. The van der Waals surface area contributed by atoms with E-state index in [4.69, 9.17) is 10.5 Å². The molecule has 0 heterocycles. The lowest BCUT2D eigenvalue weighted by atomic mass is 10.1. The van der Waals surface area contributed by atoms with Gasteiger partial charge in [-0.2, -0.15) is 0 Å². The molecule has 0 aromatic heterocycles. The van der Waals surface area contributed by atoms with Crippen molar-refractivity contribution in [2.75, 3.05) is 6.61 Å². The molecule has 0 saturated carbocycles. The van der Waals surface area contributed by atoms with Crippen LogP contribution in [0.3, 0.4) is 0 Å². The summed E-state index contributed by atoms with van der Waals surface area (Å²) in [6, 6.07) is 10.5. The minimum Gasteiger partial charge on any atom is -0.377 e. The fraction of sp³-hybridized carbons (Fsp3) is 0.538. The van der Waals surface area contributed by atoms with E-state index in [0.717, 1.165) is 25.9 Å². The zero-order chi connectivity index (χ0) is 10.9. The number of ether oxygens (including phenoxy) is 1. The lowest BCUT2D eigenvalue weighted by Gasteiger charge is -2.10. The molecule has 0 spiro atoms. The van der Waals surface area contributed by atoms with Crippen molar-refractivity contribution in [2.24, 2.45) is 5.73 Å². The summed E-state index contributed by atoms with van der Waals surface area (Å²) in [5, 5.41) is 0. The summed E-state index contributed by atoms with van der Waals surface area (Å²) in [6.07, 6.45) is 3.20. The molecule has 0 aliphatic carbocycles. The van der Waals surface area contributed by atoms with E-state index in [0.29, 0.717) is 12.6 Å². The highest BCUT2D eigenvalue weighted by Gasteiger charge is 2.00. The van der Waals surface area contributed by atoms with Gasteiger partial charge >= 0.3 is 0 Å². The van der Waals surface area contributed by atoms with Gasteiger partial charge in [0, 0.05) is 12.6 Å². The van der Waals surface area contributed by atoms with Gasteiger partial charge in [0.1, 0.15) is 0 Å². The number of hydrogen-bond acceptors (Lipinski definition) is 2. The van der Waals surface area contributed by atoms with Crippen molar-refractivity contribution in [3.05, 3.63) is 35.9 Å². The molecular weight excluding hydrogens is 186 g/mol. The van der Waals surface area contributed by atoms with Gasteiger partial charge in [-0.15, -0.1) is 0 Å². The minimum atomic E-state index is 0.297. The topological polar surface area (TPSA) is 35.2 Å². The van der Waals surface area contributed by atoms with Crippen LogP contribution in [0, 0.1) is 0 Å². The highest BCUT2D eigenvalue weighted by molar-refractivity contribution is 5.13. The highest BCUT2D eigenvalue weighted by Crippen LogP contribution is 2.03. The second kappa shape index (κ2) is 7.43. The Kier molecular flexibility index (Phi) is 6.05. The third-order valence-electron chi connectivity index (χ3n) is 2.40. The van der Waals surface area contributed by atoms with E-state index in [9.17, 15) is 0 Å². The van der Waals surface area contributed by atoms with Crippen molar-refractivity contribution >= 4 is 0 Å². The Morgan fingerprint density at radius 3 is 2.60 bits per heavy atom. The van der Waals surface area contributed by atoms with Gasteiger partial charge in [-0.1, -0.05) is 43.7 Å². The van der Waals surface area contributed by atoms with Gasteiger partial charge in [0.05, 0.1) is 6.61 Å². The van der Waals surface area contributed by atoms with E-state index < -0.39 is 0 Å². The van der Waals surface area contributed by atoms with E-state index in [1.165, 1.54) is 5.56 Å². The Hall–Kier alpha value is -0.860. The van der Waals surface area contributed by atoms with E-state index in [1.54, 1.807) is 0 Å². The molecule has 0 aliphatic heterocycles. The van der Waals surface area contributed by atoms with Crippen LogP contribution in [0.1, 0.15) is 31.7 Å². The smallest absolute Gasteiger partial charge is 0.0716 e. The average Bonchev–Trinajstić information content (AvgIpc) is 2.26. The van der Waals surface area contributed by atoms with Crippen LogP contribution in [0.4, 0.5) is 0 Å². The first kappa shape index (κ1) is 12.2. The maximum absolute atomic E-state index is 5.88. The van der Waals surface area contributed by atoms with E-state index >= 15 is 0 Å². The molecule has 0 fully saturated rings. The summed E-state index contributed by atoms with van der Waals surface area (Å²) in [7, 11) is 0. The zero-order valence-corrected chi connectivity index (χ0v) is 9.49. The van der Waals surface area contributed by atoms with Gasteiger partial charge in [0.2, 0.25) is 0 Å². The van der Waals surface area contributed by atoms with Gasteiger partial charge in [-0.25, -0.2) is 0 Å². The summed E-state index contributed by atoms with van der Waals surface area (Å²) in [5.41, 5.74) is 7.11. The van der Waals surface area contributed by atoms with Crippen molar-refractivity contribution in [2.45, 2.75) is 38.8 Å². The lowest BCUT2D eigenvalue weighted by Crippen LogP contribution is -2.21. The largest absolute Gasteiger partial charge is 0.377 e. The Morgan fingerprint density at radius 1 is 1.20 bits per heavy atom. The summed E-state index contributed by atoms with van der Waals surface area (Å²) in [5.74, 6) is 0. The molecule has 0 unspecified atom stereocenters. The normalized spacial score (nSPS) is 12.7. The third kappa shape index (κ3) is 5.55. The van der Waals surface area contributed by atoms with Gasteiger partial charge in [-0.3, -0.25) is 0 Å².